The molecule has 2 aromatic rings. The number of benzene rings is 1. The average Bonchev–Trinajstić information content (AvgIpc) is 2.50. The Bertz CT molecular complexity index is 548. The number of aromatic nitrogens is 2. The van der Waals surface area contributed by atoms with Gasteiger partial charge in [0.1, 0.15) is 17.9 Å². The minimum Gasteiger partial charge on any atom is -0.497 e. The molecule has 1 aromatic heterocycles. The summed E-state index contributed by atoms with van der Waals surface area (Å²) in [4.78, 5) is 8.01. The van der Waals surface area contributed by atoms with Gasteiger partial charge in [-0.15, -0.1) is 0 Å². The van der Waals surface area contributed by atoms with Crippen LogP contribution >= 0.6 is 0 Å². The molecule has 106 valence electrons. The van der Waals surface area contributed by atoms with Crippen LogP contribution in [0.1, 0.15) is 30.5 Å². The lowest BCUT2D eigenvalue weighted by Crippen LogP contribution is -2.24. The number of nitrogens with zero attached hydrogens (tertiary/aromatic N) is 2. The van der Waals surface area contributed by atoms with E-state index in [0.717, 1.165) is 18.5 Å². The van der Waals surface area contributed by atoms with Gasteiger partial charge in [-0.2, -0.15) is 0 Å². The van der Waals surface area contributed by atoms with Gasteiger partial charge in [0, 0.05) is 29.6 Å². The maximum atomic E-state index is 14.2. The van der Waals surface area contributed by atoms with E-state index in [4.69, 9.17) is 4.74 Å². The largest absolute Gasteiger partial charge is 0.497 e. The molecule has 0 saturated carbocycles. The first-order valence-corrected chi connectivity index (χ1v) is 6.58. The van der Waals surface area contributed by atoms with E-state index in [0.29, 0.717) is 11.3 Å². The van der Waals surface area contributed by atoms with E-state index in [2.05, 4.69) is 22.2 Å². The Morgan fingerprint density at radius 1 is 1.30 bits per heavy atom. The highest BCUT2D eigenvalue weighted by Crippen LogP contribution is 2.26. The van der Waals surface area contributed by atoms with Crippen molar-refractivity contribution in [2.45, 2.75) is 19.4 Å². The van der Waals surface area contributed by atoms with Gasteiger partial charge in [-0.25, -0.2) is 14.4 Å². The first-order chi connectivity index (χ1) is 9.76. The number of hydrogen-bond donors (Lipinski definition) is 1. The molecule has 0 aliphatic carbocycles. The van der Waals surface area contributed by atoms with Crippen molar-refractivity contribution >= 4 is 0 Å². The minimum absolute atomic E-state index is 0.262. The van der Waals surface area contributed by atoms with E-state index >= 15 is 0 Å². The number of ether oxygens (including phenoxy) is 1. The number of hydrogen-bond acceptors (Lipinski definition) is 4. The standard InChI is InChI=1S/C15H18FN3O/c1-3-6-19-15(11-8-17-10-18-9-11)13-5-4-12(20-2)7-14(13)16/h4-5,7-10,15,19H,3,6H2,1-2H3. The van der Waals surface area contributed by atoms with E-state index in [9.17, 15) is 4.39 Å². The third-order valence-electron chi connectivity index (χ3n) is 3.03. The molecule has 20 heavy (non-hydrogen) atoms. The minimum atomic E-state index is -0.304. The summed E-state index contributed by atoms with van der Waals surface area (Å²) >= 11 is 0. The van der Waals surface area contributed by atoms with Crippen LogP contribution in [0, 0.1) is 5.82 Å². The SMILES string of the molecule is CCCNC(c1cncnc1)c1ccc(OC)cc1F. The molecule has 0 amide bonds. The van der Waals surface area contributed by atoms with E-state index < -0.39 is 0 Å². The van der Waals surface area contributed by atoms with Crippen LogP contribution in [0.2, 0.25) is 0 Å². The zero-order chi connectivity index (χ0) is 14.4. The summed E-state index contributed by atoms with van der Waals surface area (Å²) in [5, 5.41) is 3.32. The Labute approximate surface area is 118 Å². The first-order valence-electron chi connectivity index (χ1n) is 6.58. The molecule has 1 atom stereocenters. The van der Waals surface area contributed by atoms with Gasteiger partial charge >= 0.3 is 0 Å². The Hall–Kier alpha value is -2.01. The molecular weight excluding hydrogens is 257 g/mol. The third kappa shape index (κ3) is 3.30. The first kappa shape index (κ1) is 14.4. The van der Waals surface area contributed by atoms with Crippen molar-refractivity contribution in [3.63, 3.8) is 0 Å². The van der Waals surface area contributed by atoms with Gasteiger partial charge in [0.15, 0.2) is 0 Å². The van der Waals surface area contributed by atoms with Gasteiger partial charge in [-0.3, -0.25) is 0 Å². The van der Waals surface area contributed by atoms with Gasteiger partial charge in [0.25, 0.3) is 0 Å². The fourth-order valence-corrected chi connectivity index (χ4v) is 2.02. The van der Waals surface area contributed by atoms with Gasteiger partial charge in [0.2, 0.25) is 0 Å². The van der Waals surface area contributed by atoms with Crippen molar-refractivity contribution in [2.24, 2.45) is 0 Å². The topological polar surface area (TPSA) is 47.0 Å². The van der Waals surface area contributed by atoms with Crippen LogP contribution in [-0.2, 0) is 0 Å². The van der Waals surface area contributed by atoms with Crippen molar-refractivity contribution < 1.29 is 9.13 Å². The smallest absolute Gasteiger partial charge is 0.132 e. The fourth-order valence-electron chi connectivity index (χ4n) is 2.02. The van der Waals surface area contributed by atoms with Gasteiger partial charge < -0.3 is 10.1 Å². The lowest BCUT2D eigenvalue weighted by molar-refractivity contribution is 0.410. The highest BCUT2D eigenvalue weighted by Gasteiger charge is 2.18. The molecule has 0 aliphatic heterocycles. The number of nitrogens with one attached hydrogen (secondary N) is 1. The van der Waals surface area contributed by atoms with Crippen molar-refractivity contribution in [3.05, 3.63) is 53.9 Å². The highest BCUT2D eigenvalue weighted by atomic mass is 19.1. The number of rotatable bonds is 6. The maximum absolute atomic E-state index is 14.2. The van der Waals surface area contributed by atoms with Gasteiger partial charge in [0.05, 0.1) is 13.2 Å². The molecule has 5 heteroatoms. The lowest BCUT2D eigenvalue weighted by Gasteiger charge is -2.19. The molecule has 1 heterocycles. The summed E-state index contributed by atoms with van der Waals surface area (Å²) in [6.07, 6.45) is 5.82. The maximum Gasteiger partial charge on any atom is 0.132 e. The Kier molecular flexibility index (Phi) is 5.01. The van der Waals surface area contributed by atoms with E-state index in [1.54, 1.807) is 24.5 Å². The summed E-state index contributed by atoms with van der Waals surface area (Å²) in [6.45, 7) is 2.85. The quantitative estimate of drug-likeness (QED) is 0.880. The fraction of sp³-hybridized carbons (Fsp3) is 0.333. The average molecular weight is 275 g/mol. The van der Waals surface area contributed by atoms with Crippen LogP contribution in [0.4, 0.5) is 4.39 Å². The second kappa shape index (κ2) is 6.96. The summed E-state index contributed by atoms with van der Waals surface area (Å²) in [5.74, 6) is 0.201. The van der Waals surface area contributed by atoms with Crippen LogP contribution < -0.4 is 10.1 Å². The molecule has 0 bridgehead atoms. The molecule has 1 N–H and O–H groups in total. The Morgan fingerprint density at radius 2 is 2.05 bits per heavy atom. The second-order valence-corrected chi connectivity index (χ2v) is 4.45. The van der Waals surface area contributed by atoms with E-state index in [1.165, 1.54) is 19.5 Å². The summed E-state index contributed by atoms with van der Waals surface area (Å²) in [6, 6.07) is 4.61. The summed E-state index contributed by atoms with van der Waals surface area (Å²) in [7, 11) is 1.52. The van der Waals surface area contributed by atoms with E-state index in [1.807, 2.05) is 0 Å². The number of halogens is 1. The van der Waals surface area contributed by atoms with Crippen molar-refractivity contribution in [3.8, 4) is 5.75 Å². The van der Waals surface area contributed by atoms with Crippen LogP contribution in [0.5, 0.6) is 5.75 Å². The summed E-state index contributed by atoms with van der Waals surface area (Å²) in [5.41, 5.74) is 1.40. The summed E-state index contributed by atoms with van der Waals surface area (Å²) < 4.78 is 19.3. The molecule has 0 spiro atoms. The molecular formula is C15H18FN3O. The Balaban J connectivity index is 2.36. The molecule has 0 radical (unpaired) electrons. The second-order valence-electron chi connectivity index (χ2n) is 4.45. The van der Waals surface area contributed by atoms with Crippen LogP contribution in [0.25, 0.3) is 0 Å². The monoisotopic (exact) mass is 275 g/mol. The molecule has 2 rings (SSSR count). The van der Waals surface area contributed by atoms with Crippen molar-refractivity contribution in [1.82, 2.24) is 15.3 Å². The molecule has 1 aromatic carbocycles. The van der Waals surface area contributed by atoms with Crippen LogP contribution in [0.15, 0.2) is 36.9 Å². The molecule has 1 unspecified atom stereocenters. The predicted molar refractivity (Wildman–Crippen MR) is 75.1 cm³/mol. The molecule has 0 fully saturated rings. The zero-order valence-electron chi connectivity index (χ0n) is 11.6. The van der Waals surface area contributed by atoms with Gasteiger partial charge in [-0.1, -0.05) is 13.0 Å². The van der Waals surface area contributed by atoms with Gasteiger partial charge in [-0.05, 0) is 19.0 Å². The molecule has 0 aliphatic rings. The number of methoxy groups -OCH3 is 1. The van der Waals surface area contributed by atoms with Crippen LogP contribution in [-0.4, -0.2) is 23.6 Å². The van der Waals surface area contributed by atoms with E-state index in [-0.39, 0.29) is 11.9 Å². The molecule has 4 nitrogen and oxygen atoms in total. The predicted octanol–water partition coefficient (Wildman–Crippen LogP) is 2.71. The third-order valence-corrected chi connectivity index (χ3v) is 3.03. The Morgan fingerprint density at radius 3 is 2.65 bits per heavy atom. The lowest BCUT2D eigenvalue weighted by atomic mass is 10.0. The normalized spacial score (nSPS) is 12.2. The van der Waals surface area contributed by atoms with Crippen molar-refractivity contribution in [1.29, 1.82) is 0 Å². The molecule has 0 saturated heterocycles. The highest BCUT2D eigenvalue weighted by molar-refractivity contribution is 5.35. The van der Waals surface area contributed by atoms with Crippen LogP contribution in [0.3, 0.4) is 0 Å². The van der Waals surface area contributed by atoms with Crippen molar-refractivity contribution in [2.75, 3.05) is 13.7 Å². The zero-order valence-corrected chi connectivity index (χ0v) is 11.6.